The number of nitrogens with one attached hydrogen (secondary N) is 3. The maximum atomic E-state index is 12.6. The third kappa shape index (κ3) is 4.14. The molecule has 0 atom stereocenters. The number of carbonyl (C=O) groups excluding carboxylic acids is 2. The van der Waals surface area contributed by atoms with Crippen molar-refractivity contribution in [3.05, 3.63) is 91.0 Å². The minimum Gasteiger partial charge on any atom is -0.352 e. The molecule has 0 aliphatic carbocycles. The molecule has 3 N–H and O–H groups in total. The lowest BCUT2D eigenvalue weighted by molar-refractivity contribution is -0.111. The third-order valence-corrected chi connectivity index (χ3v) is 5.44. The molecule has 9 heteroatoms. The fourth-order valence-electron chi connectivity index (χ4n) is 3.84. The molecule has 0 spiro atoms. The fraction of sp³-hybridized carbons (Fsp3) is 0.0800. The van der Waals surface area contributed by atoms with Crippen molar-refractivity contribution >= 4 is 34.1 Å². The number of H-pyrrole nitrogens is 1. The molecule has 0 fully saturated rings. The van der Waals surface area contributed by atoms with Crippen molar-refractivity contribution in [2.24, 2.45) is 0 Å². The summed E-state index contributed by atoms with van der Waals surface area (Å²) in [6.07, 6.45) is 7.04. The van der Waals surface area contributed by atoms with Gasteiger partial charge in [-0.1, -0.05) is 12.6 Å². The number of benzene rings is 1. The van der Waals surface area contributed by atoms with Gasteiger partial charge in [-0.3, -0.25) is 9.59 Å². The number of hydrogen-bond donors (Lipinski definition) is 3. The summed E-state index contributed by atoms with van der Waals surface area (Å²) in [7, 11) is 0. The lowest BCUT2D eigenvalue weighted by Gasteiger charge is -2.07. The molecule has 2 amide bonds. The Morgan fingerprint density at radius 2 is 1.97 bits per heavy atom. The molecule has 5 aromatic rings. The summed E-state index contributed by atoms with van der Waals surface area (Å²) in [5.74, 6) is -0.548. The maximum absolute atomic E-state index is 12.6. The van der Waals surface area contributed by atoms with Gasteiger partial charge in [-0.15, -0.1) is 0 Å². The minimum atomic E-state index is -0.329. The topological polar surface area (TPSA) is 117 Å². The molecule has 0 saturated carbocycles. The molecule has 0 radical (unpaired) electrons. The predicted molar refractivity (Wildman–Crippen MR) is 129 cm³/mol. The summed E-state index contributed by atoms with van der Waals surface area (Å²) in [4.78, 5) is 31.8. The van der Waals surface area contributed by atoms with Crippen LogP contribution in [0.5, 0.6) is 0 Å². The lowest BCUT2D eigenvalue weighted by Crippen LogP contribution is -2.25. The summed E-state index contributed by atoms with van der Waals surface area (Å²) < 4.78 is 1.60. The average molecular weight is 451 g/mol. The van der Waals surface area contributed by atoms with Crippen LogP contribution < -0.4 is 10.6 Å². The molecule has 5 rings (SSSR count). The number of hydrogen-bond acceptors (Lipinski definition) is 5. The number of carbonyl (C=O) groups is 2. The highest BCUT2D eigenvalue weighted by Gasteiger charge is 2.13. The third-order valence-electron chi connectivity index (χ3n) is 5.44. The fourth-order valence-corrected chi connectivity index (χ4v) is 3.84. The van der Waals surface area contributed by atoms with E-state index in [4.69, 9.17) is 0 Å². The molecule has 4 aromatic heterocycles. The molecule has 0 aliphatic heterocycles. The number of fused-ring (bicyclic) bond motifs is 2. The largest absolute Gasteiger partial charge is 0.352 e. The van der Waals surface area contributed by atoms with E-state index in [0.717, 1.165) is 33.4 Å². The highest BCUT2D eigenvalue weighted by atomic mass is 16.2. The first-order chi connectivity index (χ1) is 16.6. The van der Waals surface area contributed by atoms with Crippen molar-refractivity contribution in [1.29, 1.82) is 0 Å². The van der Waals surface area contributed by atoms with Crippen LogP contribution in [0, 0.1) is 0 Å². The van der Waals surface area contributed by atoms with Crippen LogP contribution in [0.15, 0.2) is 79.8 Å². The van der Waals surface area contributed by atoms with Gasteiger partial charge in [0.1, 0.15) is 5.65 Å². The second-order valence-electron chi connectivity index (χ2n) is 7.65. The van der Waals surface area contributed by atoms with E-state index in [9.17, 15) is 9.59 Å². The van der Waals surface area contributed by atoms with Crippen molar-refractivity contribution in [1.82, 2.24) is 30.1 Å². The van der Waals surface area contributed by atoms with E-state index in [1.807, 2.05) is 18.2 Å². The Bertz CT molecular complexity index is 1530. The first kappa shape index (κ1) is 21.1. The molecule has 9 nitrogen and oxygen atoms in total. The molecule has 4 heterocycles. The molecule has 0 unspecified atom stereocenters. The number of pyridine rings is 1. The van der Waals surface area contributed by atoms with Crippen LogP contribution in [0.2, 0.25) is 0 Å². The van der Waals surface area contributed by atoms with Crippen molar-refractivity contribution in [2.45, 2.75) is 6.42 Å². The van der Waals surface area contributed by atoms with Gasteiger partial charge in [-0.05, 0) is 54.1 Å². The van der Waals surface area contributed by atoms with Gasteiger partial charge < -0.3 is 15.6 Å². The Kier molecular flexibility index (Phi) is 5.57. The summed E-state index contributed by atoms with van der Waals surface area (Å²) in [5.41, 5.74) is 5.63. The van der Waals surface area contributed by atoms with Crippen LogP contribution in [0.1, 0.15) is 16.1 Å². The van der Waals surface area contributed by atoms with Gasteiger partial charge in [-0.2, -0.15) is 14.8 Å². The number of rotatable bonds is 7. The van der Waals surface area contributed by atoms with E-state index in [1.165, 1.54) is 6.08 Å². The normalized spacial score (nSPS) is 10.9. The Morgan fingerprint density at radius 1 is 1.06 bits per heavy atom. The van der Waals surface area contributed by atoms with Gasteiger partial charge in [0.05, 0.1) is 11.7 Å². The van der Waals surface area contributed by atoms with Crippen molar-refractivity contribution < 1.29 is 9.59 Å². The van der Waals surface area contributed by atoms with Gasteiger partial charge in [-0.25, -0.2) is 4.98 Å². The molecule has 0 bridgehead atoms. The molecule has 0 aliphatic rings. The molecule has 1 aromatic carbocycles. The SMILES string of the molecule is C=CC(=O)Nc1cccc(C(=O)NCCc2cc3c(-c4cnn5ncccc45)ccnc3[nH]2)c1. The van der Waals surface area contributed by atoms with Crippen LogP contribution >= 0.6 is 0 Å². The Hall–Kier alpha value is -4.79. The molecule has 0 saturated heterocycles. The monoisotopic (exact) mass is 451 g/mol. The number of aromatic amines is 1. The van der Waals surface area contributed by atoms with Gasteiger partial charge in [0.15, 0.2) is 0 Å². The highest BCUT2D eigenvalue weighted by molar-refractivity contribution is 6.01. The van der Waals surface area contributed by atoms with Gasteiger partial charge in [0, 0.05) is 53.3 Å². The number of nitrogens with zero attached hydrogens (tertiary/aromatic N) is 4. The van der Waals surface area contributed by atoms with Crippen molar-refractivity contribution in [3.63, 3.8) is 0 Å². The number of amides is 2. The zero-order valence-corrected chi connectivity index (χ0v) is 18.2. The minimum absolute atomic E-state index is 0.219. The van der Waals surface area contributed by atoms with Gasteiger partial charge >= 0.3 is 0 Å². The molecule has 168 valence electrons. The van der Waals surface area contributed by atoms with E-state index in [2.05, 4.69) is 43.4 Å². The average Bonchev–Trinajstić information content (AvgIpc) is 3.48. The Labute approximate surface area is 194 Å². The Morgan fingerprint density at radius 3 is 2.85 bits per heavy atom. The molecule has 34 heavy (non-hydrogen) atoms. The summed E-state index contributed by atoms with van der Waals surface area (Å²) >= 11 is 0. The summed E-state index contributed by atoms with van der Waals surface area (Å²) in [5, 5.41) is 15.1. The van der Waals surface area contributed by atoms with E-state index < -0.39 is 0 Å². The lowest BCUT2D eigenvalue weighted by atomic mass is 10.1. The maximum Gasteiger partial charge on any atom is 0.251 e. The highest BCUT2D eigenvalue weighted by Crippen LogP contribution is 2.30. The zero-order chi connectivity index (χ0) is 23.5. The van der Waals surface area contributed by atoms with Crippen LogP contribution in [0.4, 0.5) is 5.69 Å². The summed E-state index contributed by atoms with van der Waals surface area (Å²) in [6, 6.07) is 14.6. The van der Waals surface area contributed by atoms with E-state index in [1.54, 1.807) is 47.5 Å². The first-order valence-corrected chi connectivity index (χ1v) is 10.7. The van der Waals surface area contributed by atoms with Crippen molar-refractivity contribution in [3.8, 4) is 11.1 Å². The van der Waals surface area contributed by atoms with E-state index in [-0.39, 0.29) is 11.8 Å². The van der Waals surface area contributed by atoms with Crippen LogP contribution in [-0.2, 0) is 11.2 Å². The first-order valence-electron chi connectivity index (χ1n) is 10.7. The van der Waals surface area contributed by atoms with E-state index >= 15 is 0 Å². The second kappa shape index (κ2) is 8.99. The predicted octanol–water partition coefficient (Wildman–Crippen LogP) is 3.37. The van der Waals surface area contributed by atoms with Gasteiger partial charge in [0.25, 0.3) is 5.91 Å². The molecular weight excluding hydrogens is 430 g/mol. The smallest absolute Gasteiger partial charge is 0.251 e. The van der Waals surface area contributed by atoms with Crippen LogP contribution in [0.25, 0.3) is 27.7 Å². The van der Waals surface area contributed by atoms with E-state index in [0.29, 0.717) is 24.2 Å². The van der Waals surface area contributed by atoms with Crippen LogP contribution in [0.3, 0.4) is 0 Å². The van der Waals surface area contributed by atoms with Gasteiger partial charge in [0.2, 0.25) is 5.91 Å². The second-order valence-corrected chi connectivity index (χ2v) is 7.65. The standard InChI is InChI=1S/C25H21N7O2/c1-2-23(33)30-17-6-3-5-16(13-17)25(34)27-11-8-18-14-20-19(9-12-26-24(20)31-18)21-15-29-32-22(21)7-4-10-28-32/h2-7,9-10,12-15H,1,8,11H2,(H,26,31)(H,27,34)(H,30,33). The molecular formula is C25H21N7O2. The quantitative estimate of drug-likeness (QED) is 0.328. The van der Waals surface area contributed by atoms with Crippen molar-refractivity contribution in [2.75, 3.05) is 11.9 Å². The number of aromatic nitrogens is 5. The Balaban J connectivity index is 1.30. The zero-order valence-electron chi connectivity index (χ0n) is 18.2. The number of anilines is 1. The van der Waals surface area contributed by atoms with Crippen LogP contribution in [-0.4, -0.2) is 43.2 Å². The summed E-state index contributed by atoms with van der Waals surface area (Å²) in [6.45, 7) is 3.86.